The van der Waals surface area contributed by atoms with E-state index in [4.69, 9.17) is 4.52 Å². The van der Waals surface area contributed by atoms with E-state index >= 15 is 0 Å². The van der Waals surface area contributed by atoms with Crippen molar-refractivity contribution in [2.24, 2.45) is 0 Å². The van der Waals surface area contributed by atoms with Crippen LogP contribution in [0.1, 0.15) is 37.0 Å². The van der Waals surface area contributed by atoms with Gasteiger partial charge in [-0.3, -0.25) is 9.59 Å². The van der Waals surface area contributed by atoms with E-state index in [1.54, 1.807) is 11.9 Å². The molecule has 0 spiro atoms. The summed E-state index contributed by atoms with van der Waals surface area (Å²) in [5, 5.41) is 3.95. The molecule has 1 aliphatic heterocycles. The van der Waals surface area contributed by atoms with E-state index in [9.17, 15) is 9.59 Å². The fraction of sp³-hybridized carbons (Fsp3) is 0.444. The Balaban J connectivity index is 1.84. The van der Waals surface area contributed by atoms with Crippen molar-refractivity contribution in [2.75, 3.05) is 13.6 Å². The Morgan fingerprint density at radius 3 is 2.60 bits per heavy atom. The Morgan fingerprint density at radius 1 is 1.24 bits per heavy atom. The monoisotopic (exact) mass is 342 g/mol. The second kappa shape index (κ2) is 7.04. The quantitative estimate of drug-likeness (QED) is 0.825. The molecular weight excluding hydrogens is 320 g/mol. The summed E-state index contributed by atoms with van der Waals surface area (Å²) in [4.78, 5) is 32.6. The van der Waals surface area contributed by atoms with E-state index in [1.807, 2.05) is 44.2 Å². The molecule has 0 bridgehead atoms. The summed E-state index contributed by atoms with van der Waals surface area (Å²) in [6.45, 7) is 4.16. The van der Waals surface area contributed by atoms with Crippen LogP contribution < -0.4 is 0 Å². The first-order chi connectivity index (χ1) is 12.0. The van der Waals surface area contributed by atoms with Gasteiger partial charge in [0.25, 0.3) is 0 Å². The number of carbonyl (C=O) groups excluding carboxylic acids is 2. The van der Waals surface area contributed by atoms with E-state index in [-0.39, 0.29) is 30.8 Å². The number of hydrogen-bond donors (Lipinski definition) is 0. The molecule has 1 atom stereocenters. The van der Waals surface area contributed by atoms with Gasteiger partial charge in [-0.25, -0.2) is 0 Å². The Hall–Kier alpha value is -2.70. The van der Waals surface area contributed by atoms with Crippen LogP contribution in [0.4, 0.5) is 0 Å². The minimum Gasteiger partial charge on any atom is -0.339 e. The van der Waals surface area contributed by atoms with Crippen molar-refractivity contribution in [3.05, 3.63) is 47.6 Å². The summed E-state index contributed by atoms with van der Waals surface area (Å²) in [6, 6.07) is 9.12. The SMILES string of the molecule is CC(C)c1nc(CN2C(=O)CN(C)C(=O)[C@@H]2Cc2ccccc2)no1. The standard InChI is InChI=1S/C18H22N4O3/c1-12(2)17-19-15(20-25-17)10-22-14(9-13-7-5-4-6-8-13)18(24)21(3)11-16(22)23/h4-8,12,14H,9-11H2,1-3H3/t14-/m0/s1. The third kappa shape index (κ3) is 3.70. The molecule has 0 saturated carbocycles. The third-order valence-electron chi connectivity index (χ3n) is 4.29. The summed E-state index contributed by atoms with van der Waals surface area (Å²) in [7, 11) is 1.65. The number of rotatable bonds is 5. The fourth-order valence-corrected chi connectivity index (χ4v) is 2.88. The highest BCUT2D eigenvalue weighted by atomic mass is 16.5. The van der Waals surface area contributed by atoms with E-state index in [2.05, 4.69) is 10.1 Å². The molecule has 0 radical (unpaired) electrons. The predicted octanol–water partition coefficient (Wildman–Crippen LogP) is 1.60. The predicted molar refractivity (Wildman–Crippen MR) is 90.5 cm³/mol. The maximum absolute atomic E-state index is 12.7. The van der Waals surface area contributed by atoms with Crippen LogP contribution in [-0.2, 0) is 22.6 Å². The number of piperazine rings is 1. The highest BCUT2D eigenvalue weighted by Crippen LogP contribution is 2.19. The molecule has 0 N–H and O–H groups in total. The number of benzene rings is 1. The van der Waals surface area contributed by atoms with Crippen molar-refractivity contribution in [1.29, 1.82) is 0 Å². The number of amides is 2. The largest absolute Gasteiger partial charge is 0.339 e. The van der Waals surface area contributed by atoms with E-state index in [0.717, 1.165) is 5.56 Å². The lowest BCUT2D eigenvalue weighted by Crippen LogP contribution is -2.59. The van der Waals surface area contributed by atoms with Crippen LogP contribution in [0.15, 0.2) is 34.9 Å². The molecule has 132 valence electrons. The van der Waals surface area contributed by atoms with Crippen LogP contribution in [0.3, 0.4) is 0 Å². The van der Waals surface area contributed by atoms with E-state index < -0.39 is 6.04 Å². The van der Waals surface area contributed by atoms with E-state index in [0.29, 0.717) is 18.1 Å². The zero-order chi connectivity index (χ0) is 18.0. The maximum atomic E-state index is 12.7. The van der Waals surface area contributed by atoms with E-state index in [1.165, 1.54) is 4.90 Å². The second-order valence-corrected chi connectivity index (χ2v) is 6.63. The van der Waals surface area contributed by atoms with Gasteiger partial charge in [-0.15, -0.1) is 0 Å². The minimum atomic E-state index is -0.561. The van der Waals surface area contributed by atoms with Crippen LogP contribution in [0.25, 0.3) is 0 Å². The molecular formula is C18H22N4O3. The Labute approximate surface area is 146 Å². The summed E-state index contributed by atoms with van der Waals surface area (Å²) in [5.74, 6) is 0.885. The van der Waals surface area contributed by atoms with Crippen molar-refractivity contribution < 1.29 is 14.1 Å². The van der Waals surface area contributed by atoms with Crippen LogP contribution in [0.2, 0.25) is 0 Å². The van der Waals surface area contributed by atoms with Crippen molar-refractivity contribution in [3.8, 4) is 0 Å². The first-order valence-electron chi connectivity index (χ1n) is 8.36. The molecule has 0 aliphatic carbocycles. The molecule has 25 heavy (non-hydrogen) atoms. The van der Waals surface area contributed by atoms with Crippen LogP contribution >= 0.6 is 0 Å². The normalized spacial score (nSPS) is 18.3. The fourth-order valence-electron chi connectivity index (χ4n) is 2.88. The van der Waals surface area contributed by atoms with Gasteiger partial charge in [0.1, 0.15) is 6.04 Å². The highest BCUT2D eigenvalue weighted by molar-refractivity contribution is 5.94. The van der Waals surface area contributed by atoms with Gasteiger partial charge in [0.15, 0.2) is 5.82 Å². The number of carbonyl (C=O) groups is 2. The lowest BCUT2D eigenvalue weighted by molar-refractivity contribution is -0.155. The van der Waals surface area contributed by atoms with Gasteiger partial charge in [-0.2, -0.15) is 4.98 Å². The van der Waals surface area contributed by atoms with Crippen LogP contribution in [-0.4, -0.2) is 51.4 Å². The first-order valence-corrected chi connectivity index (χ1v) is 8.36. The topological polar surface area (TPSA) is 79.5 Å². The lowest BCUT2D eigenvalue weighted by atomic mass is 10.0. The Kier molecular flexibility index (Phi) is 4.83. The summed E-state index contributed by atoms with van der Waals surface area (Å²) < 4.78 is 5.21. The molecule has 7 nitrogen and oxygen atoms in total. The van der Waals surface area contributed by atoms with Crippen molar-refractivity contribution in [1.82, 2.24) is 19.9 Å². The van der Waals surface area contributed by atoms with Gasteiger partial charge in [0, 0.05) is 19.4 Å². The smallest absolute Gasteiger partial charge is 0.245 e. The van der Waals surface area contributed by atoms with Gasteiger partial charge in [0.2, 0.25) is 17.7 Å². The summed E-state index contributed by atoms with van der Waals surface area (Å²) in [5.41, 5.74) is 1.00. The molecule has 1 aliphatic rings. The van der Waals surface area contributed by atoms with Crippen molar-refractivity contribution >= 4 is 11.8 Å². The molecule has 2 aromatic rings. The number of nitrogens with zero attached hydrogens (tertiary/aromatic N) is 4. The third-order valence-corrected chi connectivity index (χ3v) is 4.29. The Morgan fingerprint density at radius 2 is 1.96 bits per heavy atom. The van der Waals surface area contributed by atoms with Gasteiger partial charge < -0.3 is 14.3 Å². The molecule has 0 unspecified atom stereocenters. The molecule has 7 heteroatoms. The molecule has 2 heterocycles. The zero-order valence-electron chi connectivity index (χ0n) is 14.7. The molecule has 3 rings (SSSR count). The first kappa shape index (κ1) is 17.1. The Bertz CT molecular complexity index is 757. The van der Waals surface area contributed by atoms with Gasteiger partial charge >= 0.3 is 0 Å². The summed E-state index contributed by atoms with van der Waals surface area (Å²) in [6.07, 6.45) is 0.463. The molecule has 1 fully saturated rings. The number of likely N-dealkylation sites (N-methyl/N-ethyl adjacent to an activating group) is 1. The lowest BCUT2D eigenvalue weighted by Gasteiger charge is -2.38. The molecule has 1 saturated heterocycles. The van der Waals surface area contributed by atoms with Crippen molar-refractivity contribution in [3.63, 3.8) is 0 Å². The number of aromatic nitrogens is 2. The maximum Gasteiger partial charge on any atom is 0.245 e. The average Bonchev–Trinajstić information content (AvgIpc) is 3.06. The van der Waals surface area contributed by atoms with Gasteiger partial charge in [-0.05, 0) is 5.56 Å². The molecule has 1 aromatic heterocycles. The van der Waals surface area contributed by atoms with Crippen LogP contribution in [0.5, 0.6) is 0 Å². The van der Waals surface area contributed by atoms with Gasteiger partial charge in [0.05, 0.1) is 13.1 Å². The average molecular weight is 342 g/mol. The minimum absolute atomic E-state index is 0.0685. The number of hydrogen-bond acceptors (Lipinski definition) is 5. The molecule has 2 amide bonds. The summed E-state index contributed by atoms with van der Waals surface area (Å²) >= 11 is 0. The van der Waals surface area contributed by atoms with Crippen LogP contribution in [0, 0.1) is 0 Å². The van der Waals surface area contributed by atoms with Crippen molar-refractivity contribution in [2.45, 2.75) is 38.8 Å². The van der Waals surface area contributed by atoms with Gasteiger partial charge in [-0.1, -0.05) is 49.3 Å². The second-order valence-electron chi connectivity index (χ2n) is 6.63. The molecule has 1 aromatic carbocycles. The zero-order valence-corrected chi connectivity index (χ0v) is 14.7. The highest BCUT2D eigenvalue weighted by Gasteiger charge is 2.38.